The van der Waals surface area contributed by atoms with E-state index in [1.54, 1.807) is 6.08 Å². The van der Waals surface area contributed by atoms with E-state index < -0.39 is 49.5 Å². The van der Waals surface area contributed by atoms with Crippen molar-refractivity contribution in [3.63, 3.8) is 0 Å². The van der Waals surface area contributed by atoms with Crippen molar-refractivity contribution in [2.75, 3.05) is 13.2 Å². The maximum Gasteiger partial charge on any atom is 0.220 e. The molecule has 0 aliphatic carbocycles. The summed E-state index contributed by atoms with van der Waals surface area (Å²) >= 11 is 0. The van der Waals surface area contributed by atoms with E-state index in [9.17, 15) is 30.3 Å². The number of aliphatic hydroxyl groups excluding tert-OH is 5. The summed E-state index contributed by atoms with van der Waals surface area (Å²) < 4.78 is 11.3. The monoisotopic (exact) mass is 1170 g/mol. The minimum absolute atomic E-state index is 0.183. The summed E-state index contributed by atoms with van der Waals surface area (Å²) in [5.41, 5.74) is 0. The predicted octanol–water partition coefficient (Wildman–Crippen LogP) is 20.2. The second kappa shape index (κ2) is 63.4. The van der Waals surface area contributed by atoms with E-state index >= 15 is 0 Å². The molecule has 1 rings (SSSR count). The highest BCUT2D eigenvalue weighted by molar-refractivity contribution is 5.76. The molecule has 9 nitrogen and oxygen atoms in total. The van der Waals surface area contributed by atoms with Gasteiger partial charge in [0.05, 0.1) is 25.4 Å². The summed E-state index contributed by atoms with van der Waals surface area (Å²) in [4.78, 5) is 13.1. The molecule has 9 heteroatoms. The number of nitrogens with one attached hydrogen (secondary N) is 1. The average molecular weight is 1170 g/mol. The van der Waals surface area contributed by atoms with Gasteiger partial charge in [0.15, 0.2) is 6.29 Å². The van der Waals surface area contributed by atoms with E-state index in [1.807, 2.05) is 6.08 Å². The molecule has 0 radical (unpaired) electrons. The van der Waals surface area contributed by atoms with E-state index in [0.29, 0.717) is 6.42 Å². The molecule has 1 aliphatic heterocycles. The lowest BCUT2D eigenvalue weighted by Gasteiger charge is -2.40. The third-order valence-corrected chi connectivity index (χ3v) is 17.7. The zero-order chi connectivity index (χ0) is 60.0. The SMILES string of the molecule is CCCCCCCCCCCCCCCCCCC/C=C/CC/C=C/CC/C=C/C(O)C(COC1OC(CO)C(O)C(O)C1O)NC(=O)CCCCCCCCCCCCCCCCCCCCCCCCCCCCCCCCCCC. The van der Waals surface area contributed by atoms with Crippen molar-refractivity contribution in [1.82, 2.24) is 5.32 Å². The number of amides is 1. The normalized spacial score (nSPS) is 18.4. The van der Waals surface area contributed by atoms with Crippen LogP contribution in [0, 0.1) is 0 Å². The maximum atomic E-state index is 13.1. The minimum atomic E-state index is -1.57. The van der Waals surface area contributed by atoms with Crippen molar-refractivity contribution in [2.24, 2.45) is 0 Å². The van der Waals surface area contributed by atoms with Gasteiger partial charge in [-0.05, 0) is 44.9 Å². The Bertz CT molecular complexity index is 1410. The lowest BCUT2D eigenvalue weighted by Crippen LogP contribution is -2.60. The van der Waals surface area contributed by atoms with Crippen LogP contribution in [0.15, 0.2) is 36.5 Å². The van der Waals surface area contributed by atoms with Crippen LogP contribution in [-0.4, -0.2) is 87.5 Å². The molecule has 0 aromatic rings. The highest BCUT2D eigenvalue weighted by atomic mass is 16.7. The van der Waals surface area contributed by atoms with Crippen LogP contribution < -0.4 is 5.32 Å². The van der Waals surface area contributed by atoms with Gasteiger partial charge in [0.25, 0.3) is 0 Å². The van der Waals surface area contributed by atoms with E-state index in [1.165, 1.54) is 308 Å². The zero-order valence-electron chi connectivity index (χ0n) is 55.0. The third-order valence-electron chi connectivity index (χ3n) is 17.7. The molecule has 1 amide bonds. The molecule has 0 spiro atoms. The number of hydrogen-bond donors (Lipinski definition) is 6. The Balaban J connectivity index is 2.12. The quantitative estimate of drug-likeness (QED) is 0.0261. The Hall–Kier alpha value is -1.59. The van der Waals surface area contributed by atoms with Gasteiger partial charge >= 0.3 is 0 Å². The van der Waals surface area contributed by atoms with Crippen molar-refractivity contribution < 1.29 is 39.8 Å². The van der Waals surface area contributed by atoms with Crippen molar-refractivity contribution in [3.05, 3.63) is 36.5 Å². The van der Waals surface area contributed by atoms with Gasteiger partial charge in [-0.2, -0.15) is 0 Å². The smallest absolute Gasteiger partial charge is 0.220 e. The van der Waals surface area contributed by atoms with Gasteiger partial charge in [0, 0.05) is 6.42 Å². The Kier molecular flexibility index (Phi) is 60.7. The molecule has 490 valence electrons. The van der Waals surface area contributed by atoms with Crippen LogP contribution in [0.25, 0.3) is 0 Å². The van der Waals surface area contributed by atoms with Crippen LogP contribution in [0.5, 0.6) is 0 Å². The Morgan fingerprint density at radius 1 is 0.398 bits per heavy atom. The highest BCUT2D eigenvalue weighted by Crippen LogP contribution is 2.24. The summed E-state index contributed by atoms with van der Waals surface area (Å²) in [6, 6.07) is -0.828. The van der Waals surface area contributed by atoms with Crippen LogP contribution in [0.4, 0.5) is 0 Å². The molecular formula is C74H141NO8. The standard InChI is InChI=1S/C74H141NO8/c1-3-5-7-9-11-13-15-17-19-21-23-25-27-29-31-32-33-34-35-36-38-40-42-44-46-48-50-52-54-56-58-60-62-64-70(78)75-67(66-82-74-73(81)72(80)71(79)69(65-76)83-74)68(77)63-61-59-57-55-53-51-49-47-45-43-41-39-37-30-28-26-24-22-20-18-16-14-12-10-8-6-4-2/h45,47,53,55,61,63,67-69,71-74,76-77,79-81H,3-44,46,48-52,54,56-60,62,64-66H2,1-2H3,(H,75,78)/b47-45+,55-53+,63-61+. The van der Waals surface area contributed by atoms with Gasteiger partial charge in [-0.15, -0.1) is 0 Å². The molecule has 83 heavy (non-hydrogen) atoms. The number of rotatable bonds is 65. The second-order valence-electron chi connectivity index (χ2n) is 25.7. The van der Waals surface area contributed by atoms with Gasteiger partial charge in [-0.25, -0.2) is 0 Å². The number of aliphatic hydroxyl groups is 5. The first kappa shape index (κ1) is 79.4. The first-order chi connectivity index (χ1) is 40.8. The summed E-state index contributed by atoms with van der Waals surface area (Å²) in [6.45, 7) is 3.82. The molecule has 0 aromatic carbocycles. The van der Waals surface area contributed by atoms with Gasteiger partial charge < -0.3 is 40.3 Å². The number of carbonyl (C=O) groups excluding carboxylic acids is 1. The molecule has 0 saturated carbocycles. The molecule has 1 saturated heterocycles. The van der Waals surface area contributed by atoms with Crippen molar-refractivity contribution in [2.45, 2.75) is 416 Å². The summed E-state index contributed by atoms with van der Waals surface area (Å²) in [5, 5.41) is 54.8. The van der Waals surface area contributed by atoms with E-state index in [4.69, 9.17) is 9.47 Å². The Labute approximate surface area is 514 Å². The number of unbranched alkanes of at least 4 members (excludes halogenated alkanes) is 51. The average Bonchev–Trinajstić information content (AvgIpc) is 3.50. The fourth-order valence-corrected chi connectivity index (χ4v) is 12.0. The molecular weight excluding hydrogens is 1030 g/mol. The number of carbonyl (C=O) groups is 1. The summed E-state index contributed by atoms with van der Waals surface area (Å²) in [5.74, 6) is -0.183. The van der Waals surface area contributed by atoms with Crippen LogP contribution in [0.2, 0.25) is 0 Å². The van der Waals surface area contributed by atoms with Gasteiger partial charge in [-0.1, -0.05) is 359 Å². The molecule has 1 fully saturated rings. The fourth-order valence-electron chi connectivity index (χ4n) is 12.0. The molecule has 6 N–H and O–H groups in total. The van der Waals surface area contributed by atoms with Crippen LogP contribution >= 0.6 is 0 Å². The first-order valence-corrected chi connectivity index (χ1v) is 36.7. The largest absolute Gasteiger partial charge is 0.394 e. The maximum absolute atomic E-state index is 13.1. The van der Waals surface area contributed by atoms with Gasteiger partial charge in [-0.3, -0.25) is 4.79 Å². The molecule has 7 unspecified atom stereocenters. The molecule has 1 heterocycles. The molecule has 0 aromatic heterocycles. The molecule has 1 aliphatic rings. The van der Waals surface area contributed by atoms with Crippen molar-refractivity contribution in [1.29, 1.82) is 0 Å². The van der Waals surface area contributed by atoms with Gasteiger partial charge in [0.1, 0.15) is 24.4 Å². The van der Waals surface area contributed by atoms with Crippen molar-refractivity contribution in [3.8, 4) is 0 Å². The minimum Gasteiger partial charge on any atom is -0.394 e. The fraction of sp³-hybridized carbons (Fsp3) is 0.905. The zero-order valence-corrected chi connectivity index (χ0v) is 55.0. The summed E-state index contributed by atoms with van der Waals surface area (Å²) in [6.07, 6.45) is 78.5. The molecule has 7 atom stereocenters. The Morgan fingerprint density at radius 2 is 0.687 bits per heavy atom. The van der Waals surface area contributed by atoms with Gasteiger partial charge in [0.2, 0.25) is 5.91 Å². The van der Waals surface area contributed by atoms with E-state index in [-0.39, 0.29) is 12.5 Å². The second-order valence-corrected chi connectivity index (χ2v) is 25.7. The van der Waals surface area contributed by atoms with E-state index in [0.717, 1.165) is 44.9 Å². The van der Waals surface area contributed by atoms with Crippen LogP contribution in [0.3, 0.4) is 0 Å². The predicted molar refractivity (Wildman–Crippen MR) is 355 cm³/mol. The number of hydrogen-bond acceptors (Lipinski definition) is 8. The number of ether oxygens (including phenoxy) is 2. The topological polar surface area (TPSA) is 149 Å². The summed E-state index contributed by atoms with van der Waals surface area (Å²) in [7, 11) is 0. The van der Waals surface area contributed by atoms with Crippen LogP contribution in [-0.2, 0) is 14.3 Å². The lowest BCUT2D eigenvalue weighted by atomic mass is 9.99. The van der Waals surface area contributed by atoms with E-state index in [2.05, 4.69) is 43.5 Å². The Morgan fingerprint density at radius 3 is 1.01 bits per heavy atom. The first-order valence-electron chi connectivity index (χ1n) is 36.7. The molecule has 0 bridgehead atoms. The highest BCUT2D eigenvalue weighted by Gasteiger charge is 2.44. The third kappa shape index (κ3) is 52.1. The number of allylic oxidation sites excluding steroid dienone is 5. The van der Waals surface area contributed by atoms with Crippen LogP contribution in [0.1, 0.15) is 373 Å². The van der Waals surface area contributed by atoms with Crippen molar-refractivity contribution >= 4 is 5.91 Å². The lowest BCUT2D eigenvalue weighted by molar-refractivity contribution is -0.302.